The summed E-state index contributed by atoms with van der Waals surface area (Å²) in [6.07, 6.45) is 4.77. The molecule has 0 spiro atoms. The summed E-state index contributed by atoms with van der Waals surface area (Å²) in [6.45, 7) is 0.885. The number of aliphatic hydroxyl groups excluding tert-OH is 1. The van der Waals surface area contributed by atoms with Crippen molar-refractivity contribution in [1.29, 1.82) is 0 Å². The monoisotopic (exact) mass is 672 g/mol. The van der Waals surface area contributed by atoms with Crippen molar-refractivity contribution in [1.82, 2.24) is 5.32 Å². The van der Waals surface area contributed by atoms with Gasteiger partial charge in [0.2, 0.25) is 5.90 Å². The molecule has 226 valence electrons. The van der Waals surface area contributed by atoms with Crippen LogP contribution in [0.2, 0.25) is 5.02 Å². The Morgan fingerprint density at radius 3 is 2.45 bits per heavy atom. The lowest BCUT2D eigenvalue weighted by molar-refractivity contribution is -0.128. The average molecular weight is 674 g/mol. The molecule has 4 aromatic carbocycles. The fourth-order valence-electron chi connectivity index (χ4n) is 5.06. The van der Waals surface area contributed by atoms with E-state index in [0.29, 0.717) is 49.1 Å². The van der Waals surface area contributed by atoms with E-state index < -0.39 is 11.6 Å². The molecule has 0 fully saturated rings. The maximum absolute atomic E-state index is 14.3. The standard InChI is InChI=1S/C36H34BrClN2O4/c37-30-17-13-28(14-18-30)33-36(22-6-10-26-8-2-1-3-9-26,35(42)39-23-21-27-11-4-5-12-32(27)38)40-34(44-33)29-15-19-31(20-16-29)43-25-7-24-41/h1-6,8-20,33,41H,7,21-25H2,(H,39,42)/b10-6+/t33-,36-/m1/s1. The summed E-state index contributed by atoms with van der Waals surface area (Å²) < 4.78 is 13.2. The maximum atomic E-state index is 14.3. The van der Waals surface area contributed by atoms with Gasteiger partial charge in [-0.2, -0.15) is 0 Å². The molecule has 0 saturated carbocycles. The van der Waals surface area contributed by atoms with E-state index in [9.17, 15) is 4.79 Å². The molecule has 2 N–H and O–H groups in total. The van der Waals surface area contributed by atoms with Gasteiger partial charge >= 0.3 is 0 Å². The summed E-state index contributed by atoms with van der Waals surface area (Å²) in [5, 5.41) is 12.9. The first-order valence-electron chi connectivity index (χ1n) is 14.6. The highest BCUT2D eigenvalue weighted by Gasteiger charge is 2.52. The molecular formula is C36H34BrClN2O4. The number of ether oxygens (including phenoxy) is 2. The lowest BCUT2D eigenvalue weighted by Crippen LogP contribution is -2.48. The Kier molecular flexibility index (Phi) is 10.9. The Bertz CT molecular complexity index is 1590. The van der Waals surface area contributed by atoms with Crippen LogP contribution in [0.3, 0.4) is 0 Å². The van der Waals surface area contributed by atoms with Crippen molar-refractivity contribution >= 4 is 45.4 Å². The average Bonchev–Trinajstić information content (AvgIpc) is 3.44. The number of aliphatic imine (C=N–C) groups is 1. The van der Waals surface area contributed by atoms with Gasteiger partial charge in [-0.3, -0.25) is 4.79 Å². The summed E-state index contributed by atoms with van der Waals surface area (Å²) in [6, 6.07) is 32.8. The van der Waals surface area contributed by atoms with E-state index in [0.717, 1.165) is 26.7 Å². The fourth-order valence-corrected chi connectivity index (χ4v) is 5.55. The number of carbonyl (C=O) groups is 1. The molecule has 1 amide bonds. The third-order valence-corrected chi connectivity index (χ3v) is 8.28. The van der Waals surface area contributed by atoms with Gasteiger partial charge in [-0.15, -0.1) is 0 Å². The summed E-state index contributed by atoms with van der Waals surface area (Å²) in [4.78, 5) is 19.4. The van der Waals surface area contributed by atoms with Crippen molar-refractivity contribution < 1.29 is 19.4 Å². The number of hydrogen-bond acceptors (Lipinski definition) is 5. The van der Waals surface area contributed by atoms with Crippen LogP contribution in [0.15, 0.2) is 119 Å². The summed E-state index contributed by atoms with van der Waals surface area (Å²) in [7, 11) is 0. The van der Waals surface area contributed by atoms with Crippen molar-refractivity contribution in [2.24, 2.45) is 4.99 Å². The van der Waals surface area contributed by atoms with Gasteiger partial charge in [-0.1, -0.05) is 100 Å². The first-order chi connectivity index (χ1) is 21.5. The molecule has 6 nitrogen and oxygen atoms in total. The number of nitrogens with one attached hydrogen (secondary N) is 1. The molecule has 5 rings (SSSR count). The van der Waals surface area contributed by atoms with Gasteiger partial charge in [-0.25, -0.2) is 4.99 Å². The smallest absolute Gasteiger partial charge is 0.252 e. The molecule has 44 heavy (non-hydrogen) atoms. The number of nitrogens with zero attached hydrogens (tertiary/aromatic N) is 1. The number of halogens is 2. The van der Waals surface area contributed by atoms with Crippen molar-refractivity contribution in [3.63, 3.8) is 0 Å². The van der Waals surface area contributed by atoms with Crippen LogP contribution in [0.4, 0.5) is 0 Å². The van der Waals surface area contributed by atoms with E-state index in [2.05, 4.69) is 21.2 Å². The summed E-state index contributed by atoms with van der Waals surface area (Å²) >= 11 is 9.91. The number of hydrogen-bond donors (Lipinski definition) is 2. The lowest BCUT2D eigenvalue weighted by Gasteiger charge is -2.30. The van der Waals surface area contributed by atoms with Crippen molar-refractivity contribution in [2.75, 3.05) is 19.8 Å². The topological polar surface area (TPSA) is 80.2 Å². The Balaban J connectivity index is 1.49. The Hall–Kier alpha value is -3.91. The van der Waals surface area contributed by atoms with Crippen LogP contribution in [-0.2, 0) is 16.0 Å². The van der Waals surface area contributed by atoms with Crippen LogP contribution >= 0.6 is 27.5 Å². The van der Waals surface area contributed by atoms with Crippen LogP contribution in [-0.4, -0.2) is 42.2 Å². The first-order valence-corrected chi connectivity index (χ1v) is 15.7. The van der Waals surface area contributed by atoms with Crippen molar-refractivity contribution in [3.8, 4) is 5.75 Å². The third kappa shape index (κ3) is 7.78. The molecule has 0 aromatic heterocycles. The minimum atomic E-state index is -1.27. The van der Waals surface area contributed by atoms with Crippen LogP contribution in [0.5, 0.6) is 5.75 Å². The second-order valence-corrected chi connectivity index (χ2v) is 11.8. The molecule has 2 atom stereocenters. The molecule has 0 radical (unpaired) electrons. The summed E-state index contributed by atoms with van der Waals surface area (Å²) in [5.41, 5.74) is 2.29. The normalized spacial score (nSPS) is 17.7. The number of amides is 1. The Morgan fingerprint density at radius 1 is 1.00 bits per heavy atom. The van der Waals surface area contributed by atoms with Gasteiger partial charge < -0.3 is 19.9 Å². The molecular weight excluding hydrogens is 640 g/mol. The molecule has 4 aromatic rings. The first kappa shape index (κ1) is 31.5. The van der Waals surface area contributed by atoms with Crippen LogP contribution < -0.4 is 10.1 Å². The molecule has 1 aliphatic rings. The maximum Gasteiger partial charge on any atom is 0.252 e. The molecule has 0 saturated heterocycles. The minimum absolute atomic E-state index is 0.0709. The highest BCUT2D eigenvalue weighted by molar-refractivity contribution is 9.10. The van der Waals surface area contributed by atoms with Gasteiger partial charge in [0.1, 0.15) is 5.75 Å². The van der Waals surface area contributed by atoms with Gasteiger partial charge in [-0.05, 0) is 65.6 Å². The van der Waals surface area contributed by atoms with Gasteiger partial charge in [0, 0.05) is 41.1 Å². The Morgan fingerprint density at radius 2 is 1.73 bits per heavy atom. The minimum Gasteiger partial charge on any atom is -0.494 e. The van der Waals surface area contributed by atoms with Gasteiger partial charge in [0.15, 0.2) is 11.6 Å². The quantitative estimate of drug-likeness (QED) is 0.144. The number of aliphatic hydroxyl groups is 1. The number of carbonyl (C=O) groups excluding carboxylic acids is 1. The van der Waals surface area contributed by atoms with Crippen LogP contribution in [0.25, 0.3) is 6.08 Å². The summed E-state index contributed by atoms with van der Waals surface area (Å²) in [5.74, 6) is 0.836. The second-order valence-electron chi connectivity index (χ2n) is 10.5. The third-order valence-electron chi connectivity index (χ3n) is 7.38. The van der Waals surface area contributed by atoms with Crippen LogP contribution in [0.1, 0.15) is 41.2 Å². The zero-order valence-electron chi connectivity index (χ0n) is 24.2. The zero-order valence-corrected chi connectivity index (χ0v) is 26.5. The van der Waals surface area contributed by atoms with E-state index in [4.69, 9.17) is 31.2 Å². The molecule has 8 heteroatoms. The fraction of sp³-hybridized carbons (Fsp3) is 0.222. The van der Waals surface area contributed by atoms with Gasteiger partial charge in [0.05, 0.1) is 6.61 Å². The number of rotatable bonds is 13. The second kappa shape index (κ2) is 15.2. The molecule has 0 unspecified atom stereocenters. The Labute approximate surface area is 271 Å². The zero-order chi connectivity index (χ0) is 30.8. The largest absolute Gasteiger partial charge is 0.494 e. The van der Waals surface area contributed by atoms with E-state index in [1.165, 1.54) is 0 Å². The van der Waals surface area contributed by atoms with E-state index in [-0.39, 0.29) is 12.5 Å². The SMILES string of the molecule is O=C(NCCc1ccccc1Cl)[C@]1(C/C=C/c2ccccc2)N=C(c2ccc(OCCCO)cc2)O[C@@H]1c1ccc(Br)cc1. The van der Waals surface area contributed by atoms with Crippen molar-refractivity contribution in [3.05, 3.63) is 141 Å². The molecule has 0 bridgehead atoms. The molecule has 1 heterocycles. The van der Waals surface area contributed by atoms with E-state index in [1.807, 2.05) is 115 Å². The van der Waals surface area contributed by atoms with E-state index in [1.54, 1.807) is 0 Å². The highest BCUT2D eigenvalue weighted by Crippen LogP contribution is 2.43. The highest BCUT2D eigenvalue weighted by atomic mass is 79.9. The van der Waals surface area contributed by atoms with Gasteiger partial charge in [0.25, 0.3) is 5.91 Å². The predicted octanol–water partition coefficient (Wildman–Crippen LogP) is 7.58. The van der Waals surface area contributed by atoms with Crippen molar-refractivity contribution in [2.45, 2.75) is 30.9 Å². The predicted molar refractivity (Wildman–Crippen MR) is 179 cm³/mol. The molecule has 1 aliphatic heterocycles. The van der Waals surface area contributed by atoms with Crippen LogP contribution in [0, 0.1) is 0 Å². The number of benzene rings is 4. The molecule has 0 aliphatic carbocycles. The lowest BCUT2D eigenvalue weighted by atomic mass is 9.84. The van der Waals surface area contributed by atoms with E-state index >= 15 is 0 Å².